The summed E-state index contributed by atoms with van der Waals surface area (Å²) in [5, 5.41) is 0. The molecular weight excluding hydrogens is 284 g/mol. The summed E-state index contributed by atoms with van der Waals surface area (Å²) in [5.41, 5.74) is 4.62. The lowest BCUT2D eigenvalue weighted by atomic mass is 9.99. The number of rotatable bonds is 5. The van der Waals surface area contributed by atoms with Gasteiger partial charge in [0.15, 0.2) is 6.29 Å². The van der Waals surface area contributed by atoms with E-state index >= 15 is 0 Å². The Bertz CT molecular complexity index is 647. The van der Waals surface area contributed by atoms with Crippen molar-refractivity contribution in [3.8, 4) is 0 Å². The van der Waals surface area contributed by atoms with Gasteiger partial charge in [0.05, 0.1) is 13.2 Å². The first-order chi connectivity index (χ1) is 11.3. The summed E-state index contributed by atoms with van der Waals surface area (Å²) < 4.78 is 11.8. The Kier molecular flexibility index (Phi) is 5.06. The third kappa shape index (κ3) is 3.98. The molecular formula is C21H22O2. The van der Waals surface area contributed by atoms with E-state index in [0.717, 1.165) is 36.3 Å². The zero-order chi connectivity index (χ0) is 16.1. The normalized spacial score (nSPS) is 20.9. The minimum absolute atomic E-state index is 0.256. The van der Waals surface area contributed by atoms with Gasteiger partial charge in [0.25, 0.3) is 0 Å². The molecule has 0 aliphatic carbocycles. The van der Waals surface area contributed by atoms with Crippen molar-refractivity contribution in [1.82, 2.24) is 0 Å². The molecule has 0 unspecified atom stereocenters. The van der Waals surface area contributed by atoms with Crippen LogP contribution in [0.1, 0.15) is 28.5 Å². The van der Waals surface area contributed by atoms with Gasteiger partial charge in [0.2, 0.25) is 0 Å². The molecule has 0 saturated carbocycles. The standard InChI is InChI=1S/C21H22O2/c1-3-16-5-7-18(8-6-16)13-19-14-22-21(23-15-19)20-11-9-17(4-2)10-12-20/h3-12,19,21H,1-2,13-15H2. The summed E-state index contributed by atoms with van der Waals surface area (Å²) >= 11 is 0. The van der Waals surface area contributed by atoms with Gasteiger partial charge in [-0.25, -0.2) is 0 Å². The number of benzene rings is 2. The first-order valence-electron chi connectivity index (χ1n) is 7.95. The van der Waals surface area contributed by atoms with Crippen LogP contribution in [-0.2, 0) is 15.9 Å². The van der Waals surface area contributed by atoms with E-state index in [0.29, 0.717) is 5.92 Å². The molecule has 0 spiro atoms. The van der Waals surface area contributed by atoms with E-state index in [1.165, 1.54) is 5.56 Å². The Hall–Kier alpha value is -2.16. The van der Waals surface area contributed by atoms with Gasteiger partial charge in [-0.15, -0.1) is 0 Å². The summed E-state index contributed by atoms with van der Waals surface area (Å²) in [7, 11) is 0. The van der Waals surface area contributed by atoms with E-state index in [2.05, 4.69) is 37.4 Å². The van der Waals surface area contributed by atoms with Gasteiger partial charge < -0.3 is 9.47 Å². The van der Waals surface area contributed by atoms with Crippen LogP contribution in [0.15, 0.2) is 61.7 Å². The SMILES string of the molecule is C=Cc1ccc(CC2COC(c3ccc(C=C)cc3)OC2)cc1. The van der Waals surface area contributed by atoms with E-state index in [9.17, 15) is 0 Å². The van der Waals surface area contributed by atoms with E-state index in [1.54, 1.807) is 0 Å². The second kappa shape index (κ2) is 7.40. The van der Waals surface area contributed by atoms with Gasteiger partial charge in [-0.3, -0.25) is 0 Å². The highest BCUT2D eigenvalue weighted by atomic mass is 16.7. The quantitative estimate of drug-likeness (QED) is 0.784. The van der Waals surface area contributed by atoms with Crippen molar-refractivity contribution in [3.63, 3.8) is 0 Å². The zero-order valence-corrected chi connectivity index (χ0v) is 13.3. The molecule has 0 radical (unpaired) electrons. The van der Waals surface area contributed by atoms with Crippen LogP contribution in [0.25, 0.3) is 12.2 Å². The van der Waals surface area contributed by atoms with E-state index in [1.807, 2.05) is 36.4 Å². The molecule has 0 atom stereocenters. The molecule has 118 valence electrons. The molecule has 0 aromatic heterocycles. The highest BCUT2D eigenvalue weighted by Gasteiger charge is 2.23. The fourth-order valence-corrected chi connectivity index (χ4v) is 2.77. The molecule has 1 fully saturated rings. The maximum absolute atomic E-state index is 5.90. The second-order valence-electron chi connectivity index (χ2n) is 5.89. The minimum Gasteiger partial charge on any atom is -0.348 e. The Morgan fingerprint density at radius 2 is 1.35 bits per heavy atom. The maximum Gasteiger partial charge on any atom is 0.183 e. The Labute approximate surface area is 138 Å². The van der Waals surface area contributed by atoms with Gasteiger partial charge in [-0.05, 0) is 23.1 Å². The van der Waals surface area contributed by atoms with Crippen LogP contribution in [0.2, 0.25) is 0 Å². The van der Waals surface area contributed by atoms with Gasteiger partial charge >= 0.3 is 0 Å². The molecule has 1 saturated heterocycles. The largest absolute Gasteiger partial charge is 0.348 e. The van der Waals surface area contributed by atoms with E-state index in [4.69, 9.17) is 9.47 Å². The first kappa shape index (κ1) is 15.7. The van der Waals surface area contributed by atoms with Crippen LogP contribution in [0, 0.1) is 5.92 Å². The topological polar surface area (TPSA) is 18.5 Å². The number of hydrogen-bond donors (Lipinski definition) is 0. The second-order valence-corrected chi connectivity index (χ2v) is 5.89. The third-order valence-electron chi connectivity index (χ3n) is 4.15. The van der Waals surface area contributed by atoms with Crippen LogP contribution < -0.4 is 0 Å². The Morgan fingerprint density at radius 1 is 0.826 bits per heavy atom. The van der Waals surface area contributed by atoms with Crippen molar-refractivity contribution < 1.29 is 9.47 Å². The highest BCUT2D eigenvalue weighted by molar-refractivity contribution is 5.47. The smallest absolute Gasteiger partial charge is 0.183 e. The van der Waals surface area contributed by atoms with Crippen molar-refractivity contribution in [2.24, 2.45) is 5.92 Å². The molecule has 1 heterocycles. The predicted molar refractivity (Wildman–Crippen MR) is 94.9 cm³/mol. The third-order valence-corrected chi connectivity index (χ3v) is 4.15. The molecule has 0 bridgehead atoms. The molecule has 0 amide bonds. The van der Waals surface area contributed by atoms with Crippen molar-refractivity contribution >= 4 is 12.2 Å². The first-order valence-corrected chi connectivity index (χ1v) is 7.95. The van der Waals surface area contributed by atoms with E-state index in [-0.39, 0.29) is 6.29 Å². The van der Waals surface area contributed by atoms with Gasteiger partial charge in [-0.2, -0.15) is 0 Å². The average Bonchev–Trinajstić information content (AvgIpc) is 2.63. The lowest BCUT2D eigenvalue weighted by molar-refractivity contribution is -0.204. The summed E-state index contributed by atoms with van der Waals surface area (Å²) in [6, 6.07) is 16.6. The fourth-order valence-electron chi connectivity index (χ4n) is 2.77. The number of ether oxygens (including phenoxy) is 2. The monoisotopic (exact) mass is 306 g/mol. The molecule has 2 nitrogen and oxygen atoms in total. The van der Waals surface area contributed by atoms with Crippen LogP contribution in [0.5, 0.6) is 0 Å². The molecule has 2 aromatic carbocycles. The van der Waals surface area contributed by atoms with Crippen LogP contribution >= 0.6 is 0 Å². The average molecular weight is 306 g/mol. The molecule has 1 aliphatic heterocycles. The molecule has 23 heavy (non-hydrogen) atoms. The Morgan fingerprint density at radius 3 is 1.87 bits per heavy atom. The Balaban J connectivity index is 1.54. The van der Waals surface area contributed by atoms with Crippen LogP contribution in [0.3, 0.4) is 0 Å². The maximum atomic E-state index is 5.90. The summed E-state index contributed by atoms with van der Waals surface area (Å²) in [6.45, 7) is 8.98. The lowest BCUT2D eigenvalue weighted by Gasteiger charge is -2.29. The van der Waals surface area contributed by atoms with Gasteiger partial charge in [0.1, 0.15) is 0 Å². The molecule has 2 aromatic rings. The summed E-state index contributed by atoms with van der Waals surface area (Å²) in [6.07, 6.45) is 4.41. The predicted octanol–water partition coefficient (Wildman–Crippen LogP) is 4.88. The van der Waals surface area contributed by atoms with Crippen LogP contribution in [0.4, 0.5) is 0 Å². The zero-order valence-electron chi connectivity index (χ0n) is 13.3. The van der Waals surface area contributed by atoms with Crippen molar-refractivity contribution in [1.29, 1.82) is 0 Å². The van der Waals surface area contributed by atoms with Gasteiger partial charge in [-0.1, -0.05) is 73.8 Å². The van der Waals surface area contributed by atoms with Crippen molar-refractivity contribution in [2.75, 3.05) is 13.2 Å². The molecule has 1 aliphatic rings. The molecule has 2 heteroatoms. The van der Waals surface area contributed by atoms with E-state index < -0.39 is 0 Å². The fraction of sp³-hybridized carbons (Fsp3) is 0.238. The highest BCUT2D eigenvalue weighted by Crippen LogP contribution is 2.27. The molecule has 0 N–H and O–H groups in total. The van der Waals surface area contributed by atoms with Crippen molar-refractivity contribution in [2.45, 2.75) is 12.7 Å². The van der Waals surface area contributed by atoms with Crippen molar-refractivity contribution in [3.05, 3.63) is 83.9 Å². The summed E-state index contributed by atoms with van der Waals surface area (Å²) in [4.78, 5) is 0. The lowest BCUT2D eigenvalue weighted by Crippen LogP contribution is -2.28. The van der Waals surface area contributed by atoms with Gasteiger partial charge in [0, 0.05) is 11.5 Å². The molecule has 3 rings (SSSR count). The number of hydrogen-bond acceptors (Lipinski definition) is 2. The van der Waals surface area contributed by atoms with Crippen LogP contribution in [-0.4, -0.2) is 13.2 Å². The summed E-state index contributed by atoms with van der Waals surface area (Å²) in [5.74, 6) is 0.397. The minimum atomic E-state index is -0.256.